The quantitative estimate of drug-likeness (QED) is 0.483. The lowest BCUT2D eigenvalue weighted by Gasteiger charge is -2.14. The number of carbonyl (C=O) groups is 1. The largest absolute Gasteiger partial charge is 0.495 e. The third-order valence-electron chi connectivity index (χ3n) is 3.53. The van der Waals surface area contributed by atoms with Crippen LogP contribution in [0.5, 0.6) is 5.75 Å². The lowest BCUT2D eigenvalue weighted by Crippen LogP contribution is -2.18. The van der Waals surface area contributed by atoms with Crippen molar-refractivity contribution in [2.45, 2.75) is 11.8 Å². The van der Waals surface area contributed by atoms with E-state index in [2.05, 4.69) is 15.4 Å². The second-order valence-electron chi connectivity index (χ2n) is 5.36. The normalized spacial score (nSPS) is 10.9. The van der Waals surface area contributed by atoms with Crippen LogP contribution in [0, 0.1) is 10.1 Å². The van der Waals surface area contributed by atoms with Crippen LogP contribution < -0.4 is 20.1 Å². The molecule has 2 rings (SSSR count). The number of hydrogen-bond donors (Lipinski definition) is 3. The molecule has 0 spiro atoms. The van der Waals surface area contributed by atoms with Gasteiger partial charge >= 0.3 is 0 Å². The first kappa shape index (κ1) is 20.1. The van der Waals surface area contributed by atoms with Gasteiger partial charge in [0.05, 0.1) is 22.6 Å². The molecular formula is C16H18N4O6S. The number of rotatable bonds is 7. The van der Waals surface area contributed by atoms with Crippen LogP contribution in [0.2, 0.25) is 0 Å². The van der Waals surface area contributed by atoms with Crippen molar-refractivity contribution in [1.29, 1.82) is 0 Å². The second kappa shape index (κ2) is 8.01. The van der Waals surface area contributed by atoms with Crippen molar-refractivity contribution < 1.29 is 22.9 Å². The van der Waals surface area contributed by atoms with Gasteiger partial charge in [-0.15, -0.1) is 0 Å². The van der Waals surface area contributed by atoms with E-state index in [1.165, 1.54) is 33.2 Å². The Balaban J connectivity index is 2.50. The van der Waals surface area contributed by atoms with Gasteiger partial charge in [-0.3, -0.25) is 14.9 Å². The Morgan fingerprint density at radius 1 is 1.15 bits per heavy atom. The SMILES string of the molecule is CNS(=O)(=O)c1ccc(Nc2cc(NC(C)=O)ccc2OC)c([N+](=O)[O-])c1. The number of amides is 1. The number of benzene rings is 2. The molecule has 0 radical (unpaired) electrons. The zero-order valence-electron chi connectivity index (χ0n) is 14.8. The molecule has 1 amide bonds. The van der Waals surface area contributed by atoms with Crippen LogP contribution in [0.15, 0.2) is 41.3 Å². The molecule has 2 aromatic rings. The summed E-state index contributed by atoms with van der Waals surface area (Å²) < 4.78 is 31.1. The van der Waals surface area contributed by atoms with E-state index in [-0.39, 0.29) is 16.5 Å². The van der Waals surface area contributed by atoms with Gasteiger partial charge in [-0.05, 0) is 37.4 Å². The maximum absolute atomic E-state index is 11.9. The van der Waals surface area contributed by atoms with Crippen molar-refractivity contribution in [2.24, 2.45) is 0 Å². The van der Waals surface area contributed by atoms with Gasteiger partial charge in [0.25, 0.3) is 5.69 Å². The molecule has 2 aromatic carbocycles. The van der Waals surface area contributed by atoms with E-state index in [0.717, 1.165) is 6.07 Å². The van der Waals surface area contributed by atoms with Crippen LogP contribution >= 0.6 is 0 Å². The van der Waals surface area contributed by atoms with Gasteiger partial charge in [0.1, 0.15) is 11.4 Å². The molecule has 0 heterocycles. The molecule has 0 saturated carbocycles. The van der Waals surface area contributed by atoms with Crippen molar-refractivity contribution in [2.75, 3.05) is 24.8 Å². The fourth-order valence-electron chi connectivity index (χ4n) is 2.28. The highest BCUT2D eigenvalue weighted by atomic mass is 32.2. The lowest BCUT2D eigenvalue weighted by atomic mass is 10.2. The molecule has 0 aliphatic rings. The smallest absolute Gasteiger partial charge is 0.294 e. The Morgan fingerprint density at radius 2 is 1.85 bits per heavy atom. The number of sulfonamides is 1. The predicted molar refractivity (Wildman–Crippen MR) is 99.9 cm³/mol. The number of nitrogens with one attached hydrogen (secondary N) is 3. The van der Waals surface area contributed by atoms with E-state index in [0.29, 0.717) is 17.1 Å². The van der Waals surface area contributed by atoms with Crippen LogP contribution in [0.25, 0.3) is 0 Å². The molecule has 0 aliphatic heterocycles. The van der Waals surface area contributed by atoms with Gasteiger partial charge < -0.3 is 15.4 Å². The van der Waals surface area contributed by atoms with Gasteiger partial charge in [0.2, 0.25) is 15.9 Å². The molecule has 0 bridgehead atoms. The summed E-state index contributed by atoms with van der Waals surface area (Å²) in [6, 6.07) is 8.22. The van der Waals surface area contributed by atoms with Crippen molar-refractivity contribution in [3.05, 3.63) is 46.5 Å². The average Bonchev–Trinajstić information content (AvgIpc) is 2.61. The predicted octanol–water partition coefficient (Wildman–Crippen LogP) is 2.21. The molecule has 0 unspecified atom stereocenters. The zero-order chi connectivity index (χ0) is 20.2. The number of hydrogen-bond acceptors (Lipinski definition) is 7. The second-order valence-corrected chi connectivity index (χ2v) is 7.25. The molecule has 11 heteroatoms. The number of nitrogens with zero attached hydrogens (tertiary/aromatic N) is 1. The number of ether oxygens (including phenoxy) is 1. The topological polar surface area (TPSA) is 140 Å². The van der Waals surface area contributed by atoms with Crippen LogP contribution in [0.4, 0.5) is 22.7 Å². The van der Waals surface area contributed by atoms with E-state index in [1.807, 2.05) is 0 Å². The van der Waals surface area contributed by atoms with Gasteiger partial charge in [-0.1, -0.05) is 0 Å². The third kappa shape index (κ3) is 4.71. The molecule has 3 N–H and O–H groups in total. The van der Waals surface area contributed by atoms with Crippen molar-refractivity contribution in [1.82, 2.24) is 4.72 Å². The van der Waals surface area contributed by atoms with Crippen LogP contribution in [0.3, 0.4) is 0 Å². The Hall–Kier alpha value is -3.18. The molecule has 144 valence electrons. The van der Waals surface area contributed by atoms with E-state index < -0.39 is 20.6 Å². The molecule has 10 nitrogen and oxygen atoms in total. The minimum absolute atomic E-state index is 0.0633. The Bertz CT molecular complexity index is 990. The monoisotopic (exact) mass is 394 g/mol. The summed E-state index contributed by atoms with van der Waals surface area (Å²) in [6.07, 6.45) is 0. The molecule has 0 aromatic heterocycles. The van der Waals surface area contributed by atoms with E-state index in [9.17, 15) is 23.3 Å². The highest BCUT2D eigenvalue weighted by Crippen LogP contribution is 2.35. The molecular weight excluding hydrogens is 376 g/mol. The molecule has 0 aliphatic carbocycles. The van der Waals surface area contributed by atoms with Gasteiger partial charge in [0.15, 0.2) is 0 Å². The van der Waals surface area contributed by atoms with Crippen molar-refractivity contribution in [3.8, 4) is 5.75 Å². The van der Waals surface area contributed by atoms with Crippen LogP contribution in [-0.2, 0) is 14.8 Å². The maximum atomic E-state index is 11.9. The van der Waals surface area contributed by atoms with Gasteiger partial charge in [0, 0.05) is 18.7 Å². The first-order valence-electron chi connectivity index (χ1n) is 7.62. The average molecular weight is 394 g/mol. The Kier molecular flexibility index (Phi) is 5.98. The minimum Gasteiger partial charge on any atom is -0.495 e. The fraction of sp³-hybridized carbons (Fsp3) is 0.188. The molecule has 27 heavy (non-hydrogen) atoms. The molecule has 0 atom stereocenters. The number of carbonyl (C=O) groups excluding carboxylic acids is 1. The highest BCUT2D eigenvalue weighted by molar-refractivity contribution is 7.89. The van der Waals surface area contributed by atoms with Crippen LogP contribution in [-0.4, -0.2) is 33.4 Å². The summed E-state index contributed by atoms with van der Waals surface area (Å²) in [5, 5.41) is 16.9. The summed E-state index contributed by atoms with van der Waals surface area (Å²) >= 11 is 0. The van der Waals surface area contributed by atoms with Crippen LogP contribution in [0.1, 0.15) is 6.92 Å². The number of nitro benzene ring substituents is 1. The first-order valence-corrected chi connectivity index (χ1v) is 9.11. The highest BCUT2D eigenvalue weighted by Gasteiger charge is 2.21. The van der Waals surface area contributed by atoms with E-state index in [1.54, 1.807) is 18.2 Å². The Morgan fingerprint density at radius 3 is 2.41 bits per heavy atom. The molecule has 0 fully saturated rings. The van der Waals surface area contributed by atoms with Crippen molar-refractivity contribution >= 4 is 38.7 Å². The summed E-state index contributed by atoms with van der Waals surface area (Å²) in [5.41, 5.74) is 0.450. The summed E-state index contributed by atoms with van der Waals surface area (Å²) in [7, 11) is -1.19. The summed E-state index contributed by atoms with van der Waals surface area (Å²) in [4.78, 5) is 21.7. The fourth-order valence-corrected chi connectivity index (χ4v) is 3.03. The Labute approximate surface area is 155 Å². The summed E-state index contributed by atoms with van der Waals surface area (Å²) in [5.74, 6) is 0.101. The van der Waals surface area contributed by atoms with Gasteiger partial charge in [-0.25, -0.2) is 13.1 Å². The standard InChI is InChI=1S/C16H18N4O6S/c1-10(21)18-11-4-7-16(26-3)14(8-11)19-13-6-5-12(27(24,25)17-2)9-15(13)20(22)23/h4-9,17,19H,1-3H3,(H,18,21). The molecule has 0 saturated heterocycles. The number of methoxy groups -OCH3 is 1. The van der Waals surface area contributed by atoms with Crippen molar-refractivity contribution in [3.63, 3.8) is 0 Å². The summed E-state index contributed by atoms with van der Waals surface area (Å²) in [6.45, 7) is 1.35. The number of nitro groups is 1. The third-order valence-corrected chi connectivity index (χ3v) is 4.95. The van der Waals surface area contributed by atoms with E-state index in [4.69, 9.17) is 4.74 Å². The number of anilines is 3. The minimum atomic E-state index is -3.83. The van der Waals surface area contributed by atoms with Gasteiger partial charge in [-0.2, -0.15) is 0 Å². The maximum Gasteiger partial charge on any atom is 0.294 e. The zero-order valence-corrected chi connectivity index (χ0v) is 15.6. The lowest BCUT2D eigenvalue weighted by molar-refractivity contribution is -0.384. The first-order chi connectivity index (χ1) is 12.7. The van der Waals surface area contributed by atoms with E-state index >= 15 is 0 Å².